The molecule has 0 aromatic rings. The van der Waals surface area contributed by atoms with Crippen molar-refractivity contribution in [2.75, 3.05) is 26.3 Å². The highest BCUT2D eigenvalue weighted by Crippen LogP contribution is 2.33. The van der Waals surface area contributed by atoms with Crippen LogP contribution < -0.4 is 10.6 Å². The lowest BCUT2D eigenvalue weighted by molar-refractivity contribution is -0.290. The van der Waals surface area contributed by atoms with E-state index < -0.39 is 35.1 Å². The molecule has 0 radical (unpaired) electrons. The Bertz CT molecular complexity index is 831. The molecule has 0 aromatic carbocycles. The molecule has 0 saturated carbocycles. The number of hydrogen-bond acceptors (Lipinski definition) is 8. The van der Waals surface area contributed by atoms with Crippen LogP contribution in [0.5, 0.6) is 0 Å². The van der Waals surface area contributed by atoms with Gasteiger partial charge >= 0.3 is 0 Å². The number of carbonyl (C=O) groups is 4. The number of aliphatic hydroxyl groups is 2. The second-order valence-corrected chi connectivity index (χ2v) is 8.76. The summed E-state index contributed by atoms with van der Waals surface area (Å²) in [6, 6.07) is 0. The van der Waals surface area contributed by atoms with Crippen LogP contribution in [0.3, 0.4) is 0 Å². The molecule has 3 aliphatic rings. The van der Waals surface area contributed by atoms with Crippen LogP contribution in [0.4, 0.5) is 0 Å². The number of nitrogens with zero attached hydrogens (tertiary/aromatic N) is 2. The van der Waals surface area contributed by atoms with Crippen molar-refractivity contribution < 1.29 is 39.1 Å². The topological polar surface area (TPSA) is 158 Å². The fourth-order valence-electron chi connectivity index (χ4n) is 4.04. The molecule has 4 N–H and O–H groups in total. The van der Waals surface area contributed by atoms with E-state index in [2.05, 4.69) is 10.6 Å². The number of hydrogen-bond donors (Lipinski definition) is 4. The molecule has 12 heteroatoms. The highest BCUT2D eigenvalue weighted by Gasteiger charge is 2.59. The molecule has 2 spiro atoms. The maximum Gasteiger partial charge on any atom is 0.278 e. The first kappa shape index (κ1) is 25.8. The van der Waals surface area contributed by atoms with Crippen LogP contribution >= 0.6 is 0 Å². The van der Waals surface area contributed by atoms with Gasteiger partial charge < -0.3 is 20.8 Å². The number of rotatable bonds is 6. The molecule has 3 heterocycles. The van der Waals surface area contributed by atoms with Crippen molar-refractivity contribution >= 4 is 23.6 Å². The molecule has 3 rings (SSSR count). The zero-order chi connectivity index (χ0) is 24.9. The minimum Gasteiger partial charge on any atom is -0.396 e. The lowest BCUT2D eigenvalue weighted by atomic mass is 9.95. The van der Waals surface area contributed by atoms with Crippen LogP contribution in [0.1, 0.15) is 52.4 Å². The van der Waals surface area contributed by atoms with E-state index in [0.29, 0.717) is 36.8 Å². The molecule has 188 valence electrons. The smallest absolute Gasteiger partial charge is 0.278 e. The lowest BCUT2D eigenvalue weighted by Crippen LogP contribution is -2.79. The minimum absolute atomic E-state index is 0.0999. The quantitative estimate of drug-likeness (QED) is 0.367. The Kier molecular flexibility index (Phi) is 8.08. The van der Waals surface area contributed by atoms with Crippen LogP contribution in [-0.2, 0) is 28.9 Å². The van der Waals surface area contributed by atoms with E-state index in [1.54, 1.807) is 13.8 Å². The van der Waals surface area contributed by atoms with Gasteiger partial charge in [0.15, 0.2) is 0 Å². The van der Waals surface area contributed by atoms with Crippen molar-refractivity contribution in [2.45, 2.75) is 63.8 Å². The average molecular weight is 481 g/mol. The lowest BCUT2D eigenvalue weighted by Gasteiger charge is -2.49. The van der Waals surface area contributed by atoms with E-state index in [1.807, 2.05) is 0 Å². The maximum absolute atomic E-state index is 13.2. The third-order valence-corrected chi connectivity index (χ3v) is 5.92. The summed E-state index contributed by atoms with van der Waals surface area (Å²) in [5.74, 6) is -2.35. The number of carbonyl (C=O) groups excluding carboxylic acids is 4. The fourth-order valence-corrected chi connectivity index (χ4v) is 4.04. The summed E-state index contributed by atoms with van der Waals surface area (Å²) < 4.78 is 0. The minimum atomic E-state index is -1.78. The van der Waals surface area contributed by atoms with Crippen molar-refractivity contribution in [3.05, 3.63) is 23.3 Å². The van der Waals surface area contributed by atoms with E-state index in [-0.39, 0.29) is 39.1 Å². The summed E-state index contributed by atoms with van der Waals surface area (Å²) in [5, 5.41) is 25.3. The largest absolute Gasteiger partial charge is 0.396 e. The SMILES string of the molecule is C/C(=C\C(=O)N1CCC[C@]2(NC(=O)[C@@]3(CCCN(C(=O)/C=C(\C)CCO)O3)NC2=O)O1)CCO. The van der Waals surface area contributed by atoms with Gasteiger partial charge in [-0.3, -0.25) is 19.2 Å². The first-order valence-corrected chi connectivity index (χ1v) is 11.4. The molecule has 3 fully saturated rings. The van der Waals surface area contributed by atoms with E-state index in [4.69, 9.17) is 19.9 Å². The second kappa shape index (κ2) is 10.6. The first-order chi connectivity index (χ1) is 16.1. The highest BCUT2D eigenvalue weighted by atomic mass is 16.7. The summed E-state index contributed by atoms with van der Waals surface area (Å²) in [5.41, 5.74) is -2.25. The molecular weight excluding hydrogens is 448 g/mol. The zero-order valence-electron chi connectivity index (χ0n) is 19.5. The zero-order valence-corrected chi connectivity index (χ0v) is 19.5. The van der Waals surface area contributed by atoms with E-state index in [0.717, 1.165) is 10.1 Å². The third-order valence-electron chi connectivity index (χ3n) is 5.92. The van der Waals surface area contributed by atoms with Crippen LogP contribution in [0.2, 0.25) is 0 Å². The number of nitrogens with one attached hydrogen (secondary N) is 2. The van der Waals surface area contributed by atoms with Gasteiger partial charge in [0.1, 0.15) is 0 Å². The van der Waals surface area contributed by atoms with Crippen molar-refractivity contribution in [1.82, 2.24) is 20.8 Å². The molecule has 0 unspecified atom stereocenters. The van der Waals surface area contributed by atoms with Crippen molar-refractivity contribution in [1.29, 1.82) is 0 Å². The monoisotopic (exact) mass is 480 g/mol. The van der Waals surface area contributed by atoms with Gasteiger partial charge in [-0.1, -0.05) is 11.1 Å². The summed E-state index contributed by atoms with van der Waals surface area (Å²) >= 11 is 0. The summed E-state index contributed by atoms with van der Waals surface area (Å²) in [6.45, 7) is 3.65. The van der Waals surface area contributed by atoms with Gasteiger partial charge in [0.05, 0.1) is 0 Å². The molecule has 12 nitrogen and oxygen atoms in total. The Morgan fingerprint density at radius 2 is 1.24 bits per heavy atom. The number of aliphatic hydroxyl groups excluding tert-OH is 2. The predicted molar refractivity (Wildman–Crippen MR) is 117 cm³/mol. The number of piperazine rings is 1. The molecule has 3 aliphatic heterocycles. The number of hydroxylamine groups is 4. The molecule has 2 atom stereocenters. The normalized spacial score (nSPS) is 28.2. The van der Waals surface area contributed by atoms with E-state index in [1.165, 1.54) is 12.2 Å². The Morgan fingerprint density at radius 3 is 1.59 bits per heavy atom. The summed E-state index contributed by atoms with van der Waals surface area (Å²) in [7, 11) is 0. The van der Waals surface area contributed by atoms with Crippen LogP contribution in [-0.4, -0.2) is 81.7 Å². The van der Waals surface area contributed by atoms with Gasteiger partial charge in [-0.2, -0.15) is 0 Å². The van der Waals surface area contributed by atoms with Crippen LogP contribution in [0.15, 0.2) is 23.3 Å². The van der Waals surface area contributed by atoms with Crippen molar-refractivity contribution in [2.24, 2.45) is 0 Å². The summed E-state index contributed by atoms with van der Waals surface area (Å²) in [4.78, 5) is 62.8. The van der Waals surface area contributed by atoms with E-state index in [9.17, 15) is 19.2 Å². The summed E-state index contributed by atoms with van der Waals surface area (Å²) in [6.07, 6.45) is 4.39. The highest BCUT2D eigenvalue weighted by molar-refractivity contribution is 6.01. The third kappa shape index (κ3) is 5.46. The first-order valence-electron chi connectivity index (χ1n) is 11.4. The van der Waals surface area contributed by atoms with Gasteiger partial charge in [0.2, 0.25) is 11.4 Å². The maximum atomic E-state index is 13.2. The molecule has 0 bridgehead atoms. The van der Waals surface area contributed by atoms with Crippen molar-refractivity contribution in [3.8, 4) is 0 Å². The molecule has 34 heavy (non-hydrogen) atoms. The number of amides is 4. The van der Waals surface area contributed by atoms with Gasteiger partial charge in [-0.05, 0) is 39.5 Å². The van der Waals surface area contributed by atoms with Crippen LogP contribution in [0.25, 0.3) is 0 Å². The Morgan fingerprint density at radius 1 is 0.853 bits per heavy atom. The Balaban J connectivity index is 1.73. The van der Waals surface area contributed by atoms with Gasteiger partial charge in [0, 0.05) is 51.3 Å². The average Bonchev–Trinajstić information content (AvgIpc) is 2.78. The Hall–Kier alpha value is -2.80. The molecule has 4 amide bonds. The second-order valence-electron chi connectivity index (χ2n) is 8.76. The fraction of sp³-hybridized carbons (Fsp3) is 0.636. The van der Waals surface area contributed by atoms with Gasteiger partial charge in [0.25, 0.3) is 23.6 Å². The van der Waals surface area contributed by atoms with Gasteiger partial charge in [-0.15, -0.1) is 0 Å². The molecular formula is C22H32N4O8. The molecule has 0 aromatic heterocycles. The molecule has 3 saturated heterocycles. The predicted octanol–water partition coefficient (Wildman–Crippen LogP) is -0.610. The van der Waals surface area contributed by atoms with Crippen molar-refractivity contribution in [3.63, 3.8) is 0 Å². The van der Waals surface area contributed by atoms with Crippen LogP contribution in [0, 0.1) is 0 Å². The molecule has 0 aliphatic carbocycles. The Labute approximate surface area is 197 Å². The van der Waals surface area contributed by atoms with Gasteiger partial charge in [-0.25, -0.2) is 19.8 Å². The standard InChI is InChI=1S/C22H32N4O8/c1-15(5-11-27)13-17(29)25-9-3-7-21(33-25)19(31)24-22(20(32)23-21)8-4-10-26(34-22)18(30)14-16(2)6-12-28/h13-14,27-28H,3-12H2,1-2H3,(H,23,32)(H,24,31)/b15-13+,16-14+/t21-,22-/m0/s1. The van der Waals surface area contributed by atoms with E-state index >= 15 is 0 Å².